The molecule has 1 aromatic carbocycles. The third-order valence-electron chi connectivity index (χ3n) is 5.56. The van der Waals surface area contributed by atoms with Crippen LogP contribution in [0, 0.1) is 11.8 Å². The second kappa shape index (κ2) is 12.6. The summed E-state index contributed by atoms with van der Waals surface area (Å²) in [4.78, 5) is 40.0. The molecule has 1 atom stereocenters. The van der Waals surface area contributed by atoms with E-state index in [0.29, 0.717) is 35.5 Å². The number of hydrogen-bond acceptors (Lipinski definition) is 8. The Morgan fingerprint density at radius 1 is 1.12 bits per heavy atom. The van der Waals surface area contributed by atoms with E-state index in [4.69, 9.17) is 15.4 Å². The van der Waals surface area contributed by atoms with E-state index >= 15 is 0 Å². The number of carbonyl (C=O) groups is 3. The summed E-state index contributed by atoms with van der Waals surface area (Å²) in [5.41, 5.74) is 6.88. The molecule has 12 heteroatoms. The first-order chi connectivity index (χ1) is 18.7. The van der Waals surface area contributed by atoms with Crippen LogP contribution >= 0.6 is 0 Å². The van der Waals surface area contributed by atoms with Crippen LogP contribution in [0.1, 0.15) is 77.6 Å². The molecule has 0 bridgehead atoms. The number of anilines is 2. The monoisotopic (exact) mass is 565 g/mol. The Morgan fingerprint density at radius 3 is 2.55 bits per heavy atom. The number of rotatable bonds is 8. The van der Waals surface area contributed by atoms with Crippen molar-refractivity contribution in [1.29, 1.82) is 0 Å². The van der Waals surface area contributed by atoms with E-state index in [-0.39, 0.29) is 40.4 Å². The summed E-state index contributed by atoms with van der Waals surface area (Å²) >= 11 is 0. The Labute approximate surface area is 232 Å². The highest BCUT2D eigenvalue weighted by molar-refractivity contribution is 7.93. The van der Waals surface area contributed by atoms with Crippen LogP contribution in [0.15, 0.2) is 51.5 Å². The zero-order valence-corrected chi connectivity index (χ0v) is 23.5. The fourth-order valence-electron chi connectivity index (χ4n) is 3.37. The average Bonchev–Trinajstić information content (AvgIpc) is 3.35. The minimum atomic E-state index is -2.86. The van der Waals surface area contributed by atoms with E-state index in [1.54, 1.807) is 30.3 Å². The molecule has 11 nitrogen and oxygen atoms in total. The molecule has 0 fully saturated rings. The first kappa shape index (κ1) is 30.0. The van der Waals surface area contributed by atoms with Gasteiger partial charge in [-0.1, -0.05) is 43.8 Å². The van der Waals surface area contributed by atoms with Crippen LogP contribution in [0.2, 0.25) is 0 Å². The molecule has 3 aromatic rings. The van der Waals surface area contributed by atoms with E-state index in [2.05, 4.69) is 31.7 Å². The number of pyridine rings is 1. The molecular formula is C28H31N5O6S. The van der Waals surface area contributed by atoms with Gasteiger partial charge in [-0.05, 0) is 37.1 Å². The molecule has 4 N–H and O–H groups in total. The highest BCUT2D eigenvalue weighted by Gasteiger charge is 2.20. The molecule has 0 aliphatic carbocycles. The quantitative estimate of drug-likeness (QED) is 0.268. The second-order valence-corrected chi connectivity index (χ2v) is 12.7. The van der Waals surface area contributed by atoms with Crippen molar-refractivity contribution in [3.63, 3.8) is 0 Å². The number of benzene rings is 1. The van der Waals surface area contributed by atoms with Crippen LogP contribution in [0.3, 0.4) is 0 Å². The van der Waals surface area contributed by atoms with Crippen molar-refractivity contribution in [3.05, 3.63) is 70.6 Å². The molecule has 0 aliphatic rings. The van der Waals surface area contributed by atoms with Gasteiger partial charge in [0.25, 0.3) is 11.8 Å². The zero-order chi connectivity index (χ0) is 29.5. The van der Waals surface area contributed by atoms with Gasteiger partial charge in [0.1, 0.15) is 11.6 Å². The molecular weight excluding hydrogens is 534 g/mol. The molecule has 0 saturated heterocycles. The van der Waals surface area contributed by atoms with Crippen molar-refractivity contribution >= 4 is 39.1 Å². The maximum atomic E-state index is 12.7. The number of hydrogen-bond donors (Lipinski definition) is 3. The minimum absolute atomic E-state index is 0.0408. The number of nitrogens with one attached hydrogen (secondary N) is 1. The van der Waals surface area contributed by atoms with Crippen LogP contribution in [0.5, 0.6) is 0 Å². The number of aliphatic carboxylic acids is 1. The maximum Gasteiger partial charge on any atom is 0.303 e. The Balaban J connectivity index is 1.74. The van der Waals surface area contributed by atoms with E-state index < -0.39 is 21.6 Å². The first-order valence-electron chi connectivity index (χ1n) is 12.4. The van der Waals surface area contributed by atoms with Gasteiger partial charge < -0.3 is 20.7 Å². The van der Waals surface area contributed by atoms with Gasteiger partial charge in [-0.15, -0.1) is 0 Å². The third-order valence-corrected chi connectivity index (χ3v) is 7.16. The first-order valence-corrected chi connectivity index (χ1v) is 14.4. The van der Waals surface area contributed by atoms with Gasteiger partial charge in [-0.3, -0.25) is 14.4 Å². The van der Waals surface area contributed by atoms with Crippen LogP contribution in [0.4, 0.5) is 11.6 Å². The summed E-state index contributed by atoms with van der Waals surface area (Å²) in [6.45, 7) is 5.91. The van der Waals surface area contributed by atoms with E-state index in [1.807, 2.05) is 20.8 Å². The Bertz CT molecular complexity index is 1620. The lowest BCUT2D eigenvalue weighted by atomic mass is 9.93. The lowest BCUT2D eigenvalue weighted by Crippen LogP contribution is -2.12. The number of nitrogen functional groups attached to an aromatic ring is 1. The number of nitrogens with two attached hydrogens (primary N) is 1. The van der Waals surface area contributed by atoms with Crippen molar-refractivity contribution in [1.82, 2.24) is 10.1 Å². The summed E-state index contributed by atoms with van der Waals surface area (Å²) in [6, 6.07) is 9.70. The van der Waals surface area contributed by atoms with Crippen molar-refractivity contribution in [3.8, 4) is 11.8 Å². The van der Waals surface area contributed by atoms with E-state index in [1.165, 1.54) is 18.5 Å². The number of nitrogens with zero attached hydrogens (tertiary/aromatic N) is 3. The maximum absolute atomic E-state index is 12.7. The van der Waals surface area contributed by atoms with Gasteiger partial charge in [0.05, 0.1) is 20.9 Å². The van der Waals surface area contributed by atoms with Gasteiger partial charge in [0.2, 0.25) is 0 Å². The highest BCUT2D eigenvalue weighted by Crippen LogP contribution is 2.24. The average molecular weight is 566 g/mol. The predicted molar refractivity (Wildman–Crippen MR) is 151 cm³/mol. The Hall–Kier alpha value is -4.50. The molecule has 2 amide bonds. The van der Waals surface area contributed by atoms with Crippen LogP contribution in [0.25, 0.3) is 0 Å². The number of amides is 2. The zero-order valence-electron chi connectivity index (χ0n) is 22.7. The molecule has 1 unspecified atom stereocenters. The van der Waals surface area contributed by atoms with Gasteiger partial charge in [0, 0.05) is 47.2 Å². The summed E-state index contributed by atoms with van der Waals surface area (Å²) in [5.74, 6) is 4.83. The largest absolute Gasteiger partial charge is 0.481 e. The highest BCUT2D eigenvalue weighted by atomic mass is 32.2. The van der Waals surface area contributed by atoms with Crippen LogP contribution in [-0.4, -0.2) is 49.2 Å². The lowest BCUT2D eigenvalue weighted by molar-refractivity contribution is -0.137. The summed E-state index contributed by atoms with van der Waals surface area (Å²) in [6.07, 6.45) is 3.25. The van der Waals surface area contributed by atoms with E-state index in [0.717, 1.165) is 0 Å². The fraction of sp³-hybridized carbons (Fsp3) is 0.321. The number of aromatic nitrogens is 2. The minimum Gasteiger partial charge on any atom is -0.481 e. The molecule has 210 valence electrons. The Kier molecular flexibility index (Phi) is 9.44. The smallest absolute Gasteiger partial charge is 0.303 e. The summed E-state index contributed by atoms with van der Waals surface area (Å²) in [7, 11) is -2.86. The number of carboxylic acid groups (broad SMARTS) is 1. The van der Waals surface area contributed by atoms with E-state index in [9.17, 15) is 18.6 Å². The molecule has 0 radical (unpaired) electrons. The normalized spacial score (nSPS) is 12.5. The van der Waals surface area contributed by atoms with Crippen molar-refractivity contribution < 1.29 is 28.2 Å². The third kappa shape index (κ3) is 8.78. The van der Waals surface area contributed by atoms with Gasteiger partial charge in [-0.2, -0.15) is 4.36 Å². The van der Waals surface area contributed by atoms with Gasteiger partial charge >= 0.3 is 5.97 Å². The van der Waals surface area contributed by atoms with Crippen molar-refractivity contribution in [2.24, 2.45) is 4.36 Å². The molecule has 0 saturated carbocycles. The predicted octanol–water partition coefficient (Wildman–Crippen LogP) is 4.09. The summed E-state index contributed by atoms with van der Waals surface area (Å²) in [5, 5.41) is 15.3. The molecule has 2 heterocycles. The summed E-state index contributed by atoms with van der Waals surface area (Å²) < 4.78 is 21.8. The number of carbonyl (C=O) groups excluding carboxylic acids is 2. The molecule has 40 heavy (non-hydrogen) atoms. The van der Waals surface area contributed by atoms with Crippen molar-refractivity contribution in [2.45, 2.75) is 45.4 Å². The molecule has 3 rings (SSSR count). The number of unbranched alkanes of at least 4 members (excludes halogenated alkanes) is 1. The SMILES string of the molecule is CC(C)(C)c1cc(NC(=O)c2cccc(C#Cc3cc(C(=O)N=S(C)(=O)CCCCC(=O)O)cnc3N)c2)no1. The van der Waals surface area contributed by atoms with Gasteiger partial charge in [0.15, 0.2) is 5.82 Å². The lowest BCUT2D eigenvalue weighted by Gasteiger charge is -2.12. The van der Waals surface area contributed by atoms with Crippen molar-refractivity contribution in [2.75, 3.05) is 23.1 Å². The topological polar surface area (TPSA) is 178 Å². The van der Waals surface area contributed by atoms with Crippen LogP contribution in [-0.2, 0) is 19.9 Å². The van der Waals surface area contributed by atoms with Crippen LogP contribution < -0.4 is 11.1 Å². The second-order valence-electron chi connectivity index (χ2n) is 10.2. The molecule has 0 spiro atoms. The standard InChI is InChI=1S/C28H31N5O6S/c1-28(2,3)22-16-23(32-39-22)31-26(36)20-9-7-8-18(14-20)11-12-19-15-21(17-30-25(19)29)27(37)33-40(4,38)13-6-5-10-24(34)35/h7-9,14-17H,5-6,10,13H2,1-4H3,(H2,29,30)(H,34,35)(H,31,32,36). The fourth-order valence-corrected chi connectivity index (χ4v) is 4.65. The molecule has 0 aliphatic heterocycles. The Morgan fingerprint density at radius 2 is 1.88 bits per heavy atom. The van der Waals surface area contributed by atoms with Gasteiger partial charge in [-0.25, -0.2) is 9.19 Å². The number of carboxylic acids is 1. The molecule has 2 aromatic heterocycles.